The van der Waals surface area contributed by atoms with Crippen molar-refractivity contribution in [3.63, 3.8) is 0 Å². The third-order valence-electron chi connectivity index (χ3n) is 3.50. The molecule has 17 heavy (non-hydrogen) atoms. The summed E-state index contributed by atoms with van der Waals surface area (Å²) in [4.78, 5) is 2.51. The zero-order valence-corrected chi connectivity index (χ0v) is 10.4. The molecular formula is C14H20N2O. The zero-order valence-electron chi connectivity index (χ0n) is 10.4. The molecule has 1 saturated carbocycles. The van der Waals surface area contributed by atoms with E-state index >= 15 is 0 Å². The molecule has 1 aliphatic heterocycles. The van der Waals surface area contributed by atoms with Gasteiger partial charge in [-0.2, -0.15) is 0 Å². The first-order valence-corrected chi connectivity index (χ1v) is 6.63. The van der Waals surface area contributed by atoms with Gasteiger partial charge in [0, 0.05) is 19.6 Å². The summed E-state index contributed by atoms with van der Waals surface area (Å²) in [7, 11) is 0. The van der Waals surface area contributed by atoms with Crippen LogP contribution < -0.4 is 15.0 Å². The lowest BCUT2D eigenvalue weighted by molar-refractivity contribution is 0.341. The van der Waals surface area contributed by atoms with E-state index in [1.807, 2.05) is 6.92 Å². The van der Waals surface area contributed by atoms with Gasteiger partial charge >= 0.3 is 0 Å². The Kier molecular flexibility index (Phi) is 2.83. The zero-order chi connectivity index (χ0) is 11.7. The van der Waals surface area contributed by atoms with E-state index in [1.165, 1.54) is 30.8 Å². The highest BCUT2D eigenvalue weighted by Gasteiger charge is 2.27. The first-order valence-electron chi connectivity index (χ1n) is 6.63. The van der Waals surface area contributed by atoms with Gasteiger partial charge in [0.05, 0.1) is 12.3 Å². The Balaban J connectivity index is 1.87. The van der Waals surface area contributed by atoms with Crippen LogP contribution in [0.4, 0.5) is 11.4 Å². The van der Waals surface area contributed by atoms with Gasteiger partial charge in [-0.05, 0) is 37.8 Å². The minimum atomic E-state index is 0.723. The summed E-state index contributed by atoms with van der Waals surface area (Å²) in [6, 6.07) is 6.35. The molecule has 0 amide bonds. The van der Waals surface area contributed by atoms with Crippen LogP contribution in [-0.4, -0.2) is 26.2 Å². The minimum Gasteiger partial charge on any atom is -0.492 e. The lowest BCUT2D eigenvalue weighted by Crippen LogP contribution is -2.35. The third-order valence-corrected chi connectivity index (χ3v) is 3.50. The van der Waals surface area contributed by atoms with E-state index in [9.17, 15) is 0 Å². The summed E-state index contributed by atoms with van der Waals surface area (Å²) in [6.07, 6.45) is 2.81. The molecule has 0 saturated heterocycles. The van der Waals surface area contributed by atoms with Gasteiger partial charge in [0.1, 0.15) is 11.4 Å². The summed E-state index contributed by atoms with van der Waals surface area (Å²) in [6.45, 7) is 6.10. The van der Waals surface area contributed by atoms with Crippen molar-refractivity contribution in [1.29, 1.82) is 0 Å². The number of para-hydroxylation sites is 1. The predicted octanol–water partition coefficient (Wildman–Crippen LogP) is 2.73. The Labute approximate surface area is 103 Å². The van der Waals surface area contributed by atoms with E-state index in [0.29, 0.717) is 0 Å². The molecule has 1 heterocycles. The molecule has 1 aromatic rings. The van der Waals surface area contributed by atoms with Gasteiger partial charge < -0.3 is 15.0 Å². The Hall–Kier alpha value is -1.38. The SMILES string of the molecule is CCOc1cccc2c1NCCN2CC1CC1. The van der Waals surface area contributed by atoms with Crippen molar-refractivity contribution in [2.75, 3.05) is 36.5 Å². The average Bonchev–Trinajstić information content (AvgIpc) is 3.15. The molecule has 1 fully saturated rings. The van der Waals surface area contributed by atoms with E-state index < -0.39 is 0 Å². The van der Waals surface area contributed by atoms with Crippen molar-refractivity contribution in [1.82, 2.24) is 0 Å². The van der Waals surface area contributed by atoms with Crippen molar-refractivity contribution < 1.29 is 4.74 Å². The van der Waals surface area contributed by atoms with Gasteiger partial charge in [0.25, 0.3) is 0 Å². The largest absolute Gasteiger partial charge is 0.492 e. The Bertz CT molecular complexity index is 401. The van der Waals surface area contributed by atoms with E-state index in [4.69, 9.17) is 4.74 Å². The van der Waals surface area contributed by atoms with Crippen molar-refractivity contribution in [2.24, 2.45) is 5.92 Å². The summed E-state index contributed by atoms with van der Waals surface area (Å²) in [5.74, 6) is 1.92. The molecule has 92 valence electrons. The fourth-order valence-electron chi connectivity index (χ4n) is 2.47. The number of anilines is 2. The number of hydrogen-bond donors (Lipinski definition) is 1. The highest BCUT2D eigenvalue weighted by Crippen LogP contribution is 2.39. The molecule has 3 rings (SSSR count). The lowest BCUT2D eigenvalue weighted by atomic mass is 10.1. The molecule has 0 unspecified atom stereocenters. The molecule has 1 aliphatic carbocycles. The normalized spacial score (nSPS) is 18.5. The average molecular weight is 232 g/mol. The number of nitrogens with one attached hydrogen (secondary N) is 1. The van der Waals surface area contributed by atoms with Gasteiger partial charge in [-0.3, -0.25) is 0 Å². The number of hydrogen-bond acceptors (Lipinski definition) is 3. The molecule has 0 bridgehead atoms. The van der Waals surface area contributed by atoms with Gasteiger partial charge in [-0.25, -0.2) is 0 Å². The first kappa shape index (κ1) is 10.8. The topological polar surface area (TPSA) is 24.5 Å². The molecule has 0 radical (unpaired) electrons. The van der Waals surface area contributed by atoms with Crippen LogP contribution in [0, 0.1) is 5.92 Å². The molecule has 2 aliphatic rings. The summed E-state index contributed by atoms with van der Waals surface area (Å²) in [5, 5.41) is 3.47. The molecule has 0 aromatic heterocycles. The van der Waals surface area contributed by atoms with E-state index in [1.54, 1.807) is 0 Å². The van der Waals surface area contributed by atoms with E-state index in [2.05, 4.69) is 28.4 Å². The molecule has 3 nitrogen and oxygen atoms in total. The van der Waals surface area contributed by atoms with Crippen LogP contribution in [0.1, 0.15) is 19.8 Å². The van der Waals surface area contributed by atoms with Gasteiger partial charge in [0.15, 0.2) is 0 Å². The maximum absolute atomic E-state index is 5.68. The van der Waals surface area contributed by atoms with Crippen LogP contribution >= 0.6 is 0 Å². The molecule has 0 spiro atoms. The van der Waals surface area contributed by atoms with Crippen LogP contribution in [-0.2, 0) is 0 Å². The van der Waals surface area contributed by atoms with Crippen molar-refractivity contribution in [3.05, 3.63) is 18.2 Å². The van der Waals surface area contributed by atoms with E-state index in [0.717, 1.165) is 31.4 Å². The van der Waals surface area contributed by atoms with Crippen LogP contribution in [0.5, 0.6) is 5.75 Å². The summed E-state index contributed by atoms with van der Waals surface area (Å²) >= 11 is 0. The second kappa shape index (κ2) is 4.47. The second-order valence-corrected chi connectivity index (χ2v) is 4.90. The van der Waals surface area contributed by atoms with Crippen LogP contribution in [0.2, 0.25) is 0 Å². The standard InChI is InChI=1S/C14H20N2O/c1-2-17-13-5-3-4-12-14(13)15-8-9-16(12)10-11-6-7-11/h3-5,11,15H,2,6-10H2,1H3. The van der Waals surface area contributed by atoms with Crippen molar-refractivity contribution >= 4 is 11.4 Å². The molecule has 1 aromatic carbocycles. The Morgan fingerprint density at radius 2 is 2.29 bits per heavy atom. The summed E-state index contributed by atoms with van der Waals surface area (Å²) < 4.78 is 5.68. The number of fused-ring (bicyclic) bond motifs is 1. The number of benzene rings is 1. The molecule has 0 atom stereocenters. The fourth-order valence-corrected chi connectivity index (χ4v) is 2.47. The number of ether oxygens (including phenoxy) is 1. The minimum absolute atomic E-state index is 0.723. The Morgan fingerprint density at radius 3 is 3.06 bits per heavy atom. The lowest BCUT2D eigenvalue weighted by Gasteiger charge is -2.33. The maximum atomic E-state index is 5.68. The monoisotopic (exact) mass is 232 g/mol. The second-order valence-electron chi connectivity index (χ2n) is 4.90. The first-order chi connectivity index (χ1) is 8.38. The highest BCUT2D eigenvalue weighted by molar-refractivity contribution is 5.78. The maximum Gasteiger partial charge on any atom is 0.144 e. The summed E-state index contributed by atoms with van der Waals surface area (Å²) in [5.41, 5.74) is 2.50. The van der Waals surface area contributed by atoms with Crippen LogP contribution in [0.3, 0.4) is 0 Å². The predicted molar refractivity (Wildman–Crippen MR) is 71.0 cm³/mol. The number of nitrogens with zero attached hydrogens (tertiary/aromatic N) is 1. The van der Waals surface area contributed by atoms with Crippen molar-refractivity contribution in [3.8, 4) is 5.75 Å². The van der Waals surface area contributed by atoms with E-state index in [-0.39, 0.29) is 0 Å². The van der Waals surface area contributed by atoms with Crippen molar-refractivity contribution in [2.45, 2.75) is 19.8 Å². The van der Waals surface area contributed by atoms with Crippen LogP contribution in [0.25, 0.3) is 0 Å². The van der Waals surface area contributed by atoms with Gasteiger partial charge in [-0.15, -0.1) is 0 Å². The quantitative estimate of drug-likeness (QED) is 0.864. The van der Waals surface area contributed by atoms with Gasteiger partial charge in [0.2, 0.25) is 0 Å². The fraction of sp³-hybridized carbons (Fsp3) is 0.571. The van der Waals surface area contributed by atoms with Gasteiger partial charge in [-0.1, -0.05) is 6.07 Å². The molecule has 1 N–H and O–H groups in total. The number of rotatable bonds is 4. The third kappa shape index (κ3) is 2.19. The smallest absolute Gasteiger partial charge is 0.144 e. The highest BCUT2D eigenvalue weighted by atomic mass is 16.5. The van der Waals surface area contributed by atoms with Crippen LogP contribution in [0.15, 0.2) is 18.2 Å². The Morgan fingerprint density at radius 1 is 1.41 bits per heavy atom. The molecular weight excluding hydrogens is 212 g/mol. The molecule has 3 heteroatoms.